The van der Waals surface area contributed by atoms with Gasteiger partial charge in [0, 0.05) is 27.7 Å². The van der Waals surface area contributed by atoms with Crippen molar-refractivity contribution in [2.75, 3.05) is 19.8 Å². The molecular formula is C28H23ClN2O4S. The fourth-order valence-corrected chi connectivity index (χ4v) is 4.96. The van der Waals surface area contributed by atoms with E-state index < -0.39 is 0 Å². The van der Waals surface area contributed by atoms with E-state index in [2.05, 4.69) is 4.57 Å². The molecular weight excluding hydrogens is 496 g/mol. The summed E-state index contributed by atoms with van der Waals surface area (Å²) in [5.41, 5.74) is 1.92. The molecule has 0 atom stereocenters. The number of nitrogens with zero attached hydrogens (tertiary/aromatic N) is 2. The van der Waals surface area contributed by atoms with Gasteiger partial charge in [-0.2, -0.15) is 0 Å². The highest BCUT2D eigenvalue weighted by atomic mass is 35.5. The van der Waals surface area contributed by atoms with Crippen molar-refractivity contribution in [2.45, 2.75) is 6.54 Å². The normalized spacial score (nSPS) is 14.7. The molecule has 5 rings (SSSR count). The molecule has 4 aromatic rings. The Morgan fingerprint density at radius 1 is 0.806 bits per heavy atom. The number of hydrogen-bond acceptors (Lipinski definition) is 5. The molecule has 6 nitrogen and oxygen atoms in total. The molecule has 2 amide bonds. The Morgan fingerprint density at radius 2 is 1.47 bits per heavy atom. The van der Waals surface area contributed by atoms with Gasteiger partial charge in [-0.25, -0.2) is 0 Å². The average Bonchev–Trinajstić information content (AvgIpc) is 3.37. The van der Waals surface area contributed by atoms with E-state index in [-0.39, 0.29) is 24.3 Å². The SMILES string of the molecule is O=C1S/C(=C\c2cn(CCOc3ccccc3)c3ccccc23)C(=O)N1CCOc1ccc(Cl)cc1. The molecule has 8 heteroatoms. The zero-order valence-electron chi connectivity index (χ0n) is 19.3. The lowest BCUT2D eigenvalue weighted by Crippen LogP contribution is -2.32. The van der Waals surface area contributed by atoms with Gasteiger partial charge in [0.15, 0.2) is 0 Å². The van der Waals surface area contributed by atoms with Gasteiger partial charge in [0.25, 0.3) is 11.1 Å². The zero-order valence-corrected chi connectivity index (χ0v) is 20.9. The van der Waals surface area contributed by atoms with Crippen molar-refractivity contribution in [3.8, 4) is 11.5 Å². The summed E-state index contributed by atoms with van der Waals surface area (Å²) in [7, 11) is 0. The minimum atomic E-state index is -0.311. The molecule has 2 heterocycles. The van der Waals surface area contributed by atoms with Gasteiger partial charge in [-0.15, -0.1) is 0 Å². The number of imide groups is 1. The van der Waals surface area contributed by atoms with Crippen LogP contribution in [0.1, 0.15) is 5.56 Å². The number of para-hydroxylation sites is 2. The largest absolute Gasteiger partial charge is 0.492 e. The van der Waals surface area contributed by atoms with Gasteiger partial charge in [-0.05, 0) is 60.3 Å². The summed E-state index contributed by atoms with van der Waals surface area (Å²) < 4.78 is 13.6. The number of fused-ring (bicyclic) bond motifs is 1. The minimum Gasteiger partial charge on any atom is -0.492 e. The third kappa shape index (κ3) is 5.42. The predicted octanol–water partition coefficient (Wildman–Crippen LogP) is 6.49. The first-order chi connectivity index (χ1) is 17.6. The van der Waals surface area contributed by atoms with Crippen molar-refractivity contribution in [3.05, 3.63) is 101 Å². The number of carbonyl (C=O) groups excluding carboxylic acids is 2. The number of halogens is 1. The molecule has 1 aliphatic heterocycles. The fraction of sp³-hybridized carbons (Fsp3) is 0.143. The molecule has 0 saturated carbocycles. The van der Waals surface area contributed by atoms with Crippen LogP contribution in [0.2, 0.25) is 5.02 Å². The maximum Gasteiger partial charge on any atom is 0.293 e. The van der Waals surface area contributed by atoms with E-state index in [4.69, 9.17) is 21.1 Å². The summed E-state index contributed by atoms with van der Waals surface area (Å²) in [6.45, 7) is 1.52. The molecule has 1 fully saturated rings. The second-order valence-corrected chi connectivity index (χ2v) is 9.52. The van der Waals surface area contributed by atoms with Crippen LogP contribution in [0.3, 0.4) is 0 Å². The lowest BCUT2D eigenvalue weighted by molar-refractivity contribution is -0.123. The van der Waals surface area contributed by atoms with Crippen LogP contribution in [-0.4, -0.2) is 40.4 Å². The first-order valence-electron chi connectivity index (χ1n) is 11.5. The third-order valence-electron chi connectivity index (χ3n) is 5.72. The predicted molar refractivity (Wildman–Crippen MR) is 143 cm³/mol. The molecule has 0 unspecified atom stereocenters. The maximum absolute atomic E-state index is 13.0. The van der Waals surface area contributed by atoms with Gasteiger partial charge in [0.1, 0.15) is 24.7 Å². The average molecular weight is 519 g/mol. The summed E-state index contributed by atoms with van der Waals surface area (Å²) in [5, 5.41) is 1.32. The Bertz CT molecular complexity index is 1420. The number of amides is 2. The highest BCUT2D eigenvalue weighted by Crippen LogP contribution is 2.34. The molecule has 1 aliphatic rings. The van der Waals surface area contributed by atoms with E-state index in [0.29, 0.717) is 28.8 Å². The van der Waals surface area contributed by atoms with Gasteiger partial charge < -0.3 is 14.0 Å². The van der Waals surface area contributed by atoms with Gasteiger partial charge in [0.2, 0.25) is 0 Å². The Morgan fingerprint density at radius 3 is 2.25 bits per heavy atom. The van der Waals surface area contributed by atoms with Gasteiger partial charge >= 0.3 is 0 Å². The van der Waals surface area contributed by atoms with Crippen LogP contribution in [0.15, 0.2) is 90.0 Å². The van der Waals surface area contributed by atoms with Gasteiger partial charge in [-0.3, -0.25) is 14.5 Å². The molecule has 0 radical (unpaired) electrons. The van der Waals surface area contributed by atoms with E-state index in [1.807, 2.05) is 60.8 Å². The van der Waals surface area contributed by atoms with Crippen LogP contribution in [0, 0.1) is 0 Å². The number of ether oxygens (including phenoxy) is 2. The molecule has 1 saturated heterocycles. The Hall–Kier alpha value is -3.68. The van der Waals surface area contributed by atoms with Crippen molar-refractivity contribution >= 4 is 51.5 Å². The molecule has 182 valence electrons. The quantitative estimate of drug-likeness (QED) is 0.237. The second kappa shape index (κ2) is 10.9. The van der Waals surface area contributed by atoms with E-state index >= 15 is 0 Å². The third-order valence-corrected chi connectivity index (χ3v) is 6.88. The van der Waals surface area contributed by atoms with Crippen molar-refractivity contribution in [2.24, 2.45) is 0 Å². The standard InChI is InChI=1S/C28H23ClN2O4S/c29-21-10-12-23(13-11-21)35-17-15-31-27(32)26(36-28(31)33)18-20-19-30(25-9-5-4-8-24(20)25)14-16-34-22-6-2-1-3-7-22/h1-13,18-19H,14-17H2/b26-18-. The molecule has 0 spiro atoms. The van der Waals surface area contributed by atoms with Crippen molar-refractivity contribution in [3.63, 3.8) is 0 Å². The number of rotatable bonds is 9. The minimum absolute atomic E-state index is 0.170. The Kier molecular flexibility index (Phi) is 7.30. The Labute approximate surface area is 218 Å². The number of carbonyl (C=O) groups is 2. The van der Waals surface area contributed by atoms with Crippen LogP contribution in [0.4, 0.5) is 4.79 Å². The van der Waals surface area contributed by atoms with Gasteiger partial charge in [0.05, 0.1) is 18.0 Å². The van der Waals surface area contributed by atoms with Crippen LogP contribution >= 0.6 is 23.4 Å². The fourth-order valence-electron chi connectivity index (χ4n) is 3.97. The highest BCUT2D eigenvalue weighted by molar-refractivity contribution is 8.18. The Balaban J connectivity index is 1.27. The zero-order chi connectivity index (χ0) is 24.9. The number of aromatic nitrogens is 1. The highest BCUT2D eigenvalue weighted by Gasteiger charge is 2.35. The summed E-state index contributed by atoms with van der Waals surface area (Å²) in [6.07, 6.45) is 3.79. The van der Waals surface area contributed by atoms with Crippen LogP contribution in [0.5, 0.6) is 11.5 Å². The summed E-state index contributed by atoms with van der Waals surface area (Å²) >= 11 is 6.84. The van der Waals surface area contributed by atoms with Crippen LogP contribution < -0.4 is 9.47 Å². The van der Waals surface area contributed by atoms with E-state index in [1.54, 1.807) is 30.3 Å². The number of thioether (sulfide) groups is 1. The molecule has 0 aliphatic carbocycles. The van der Waals surface area contributed by atoms with Gasteiger partial charge in [-0.1, -0.05) is 48.0 Å². The molecule has 0 N–H and O–H groups in total. The van der Waals surface area contributed by atoms with Crippen molar-refractivity contribution < 1.29 is 19.1 Å². The lowest BCUT2D eigenvalue weighted by atomic mass is 10.1. The smallest absolute Gasteiger partial charge is 0.293 e. The van der Waals surface area contributed by atoms with Crippen molar-refractivity contribution in [1.29, 1.82) is 0 Å². The number of benzene rings is 3. The van der Waals surface area contributed by atoms with E-state index in [1.165, 1.54) is 4.90 Å². The van der Waals surface area contributed by atoms with E-state index in [0.717, 1.165) is 34.0 Å². The monoisotopic (exact) mass is 518 g/mol. The first kappa shape index (κ1) is 24.0. The molecule has 1 aromatic heterocycles. The maximum atomic E-state index is 13.0. The van der Waals surface area contributed by atoms with Crippen LogP contribution in [-0.2, 0) is 11.3 Å². The first-order valence-corrected chi connectivity index (χ1v) is 12.7. The number of hydrogen-bond donors (Lipinski definition) is 0. The van der Waals surface area contributed by atoms with Crippen molar-refractivity contribution in [1.82, 2.24) is 9.47 Å². The second-order valence-electron chi connectivity index (χ2n) is 8.09. The van der Waals surface area contributed by atoms with Crippen LogP contribution in [0.25, 0.3) is 17.0 Å². The summed E-state index contributed by atoms with van der Waals surface area (Å²) in [5.74, 6) is 1.14. The molecule has 0 bridgehead atoms. The van der Waals surface area contributed by atoms with E-state index in [9.17, 15) is 9.59 Å². The summed E-state index contributed by atoms with van der Waals surface area (Å²) in [6, 6.07) is 24.6. The molecule has 3 aromatic carbocycles. The molecule has 36 heavy (non-hydrogen) atoms. The summed E-state index contributed by atoms with van der Waals surface area (Å²) in [4.78, 5) is 27.2. The topological polar surface area (TPSA) is 60.8 Å². The lowest BCUT2D eigenvalue weighted by Gasteiger charge is -2.13.